The summed E-state index contributed by atoms with van der Waals surface area (Å²) in [5.74, 6) is -0.231. The molecule has 92 valence electrons. The van der Waals surface area contributed by atoms with Crippen molar-refractivity contribution in [2.45, 2.75) is 0 Å². The normalized spacial score (nSPS) is 10.0. The van der Waals surface area contributed by atoms with Crippen molar-refractivity contribution in [3.63, 3.8) is 0 Å². The topological polar surface area (TPSA) is 80.9 Å². The predicted octanol–water partition coefficient (Wildman–Crippen LogP) is 1.70. The quantitative estimate of drug-likeness (QED) is 0.820. The van der Waals surface area contributed by atoms with E-state index in [1.165, 1.54) is 0 Å². The largest absolute Gasteiger partial charge is 0.396 e. The van der Waals surface area contributed by atoms with Crippen LogP contribution in [0.5, 0.6) is 0 Å². The van der Waals surface area contributed by atoms with Crippen molar-refractivity contribution in [1.82, 2.24) is 14.7 Å². The molecule has 0 aromatic carbocycles. The van der Waals surface area contributed by atoms with E-state index in [9.17, 15) is 4.79 Å². The van der Waals surface area contributed by atoms with Gasteiger partial charge in [0.2, 0.25) is 0 Å². The lowest BCUT2D eigenvalue weighted by molar-refractivity contribution is 0.0963. The van der Waals surface area contributed by atoms with Crippen molar-refractivity contribution < 1.29 is 4.79 Å². The minimum absolute atomic E-state index is 0.231. The number of hydrogen-bond donors (Lipinski definition) is 2. The van der Waals surface area contributed by atoms with Gasteiger partial charge < -0.3 is 11.1 Å². The molecule has 0 bridgehead atoms. The number of hydrogen-bond acceptors (Lipinski definition) is 5. The smallest absolute Gasteiger partial charge is 0.265 e. The van der Waals surface area contributed by atoms with E-state index in [0.29, 0.717) is 22.8 Å². The second-order valence-corrected chi connectivity index (χ2v) is 4.28. The zero-order chi connectivity index (χ0) is 13.0. The van der Waals surface area contributed by atoms with Crippen molar-refractivity contribution in [1.29, 1.82) is 0 Å². The summed E-state index contributed by atoms with van der Waals surface area (Å²) in [6.45, 7) is 3.94. The molecule has 1 amide bonds. The first-order chi connectivity index (χ1) is 8.74. The van der Waals surface area contributed by atoms with Crippen LogP contribution in [0.4, 0.5) is 5.69 Å². The van der Waals surface area contributed by atoms with E-state index in [1.54, 1.807) is 30.6 Å². The molecule has 0 atom stereocenters. The molecule has 18 heavy (non-hydrogen) atoms. The van der Waals surface area contributed by atoms with Crippen LogP contribution in [0.2, 0.25) is 0 Å². The van der Waals surface area contributed by atoms with Gasteiger partial charge in [-0.15, -0.1) is 6.58 Å². The molecule has 2 aromatic rings. The van der Waals surface area contributed by atoms with Crippen LogP contribution in [-0.4, -0.2) is 21.8 Å². The Morgan fingerprint density at radius 3 is 2.89 bits per heavy atom. The number of nitrogens with one attached hydrogen (secondary N) is 1. The van der Waals surface area contributed by atoms with Gasteiger partial charge in [0.25, 0.3) is 5.91 Å². The average Bonchev–Trinajstić information content (AvgIpc) is 2.79. The van der Waals surface area contributed by atoms with Crippen LogP contribution in [0, 0.1) is 0 Å². The first-order valence-corrected chi connectivity index (χ1v) is 6.06. The number of rotatable bonds is 4. The number of aromatic nitrogens is 2. The third kappa shape index (κ3) is 2.38. The van der Waals surface area contributed by atoms with Crippen molar-refractivity contribution in [2.24, 2.45) is 0 Å². The van der Waals surface area contributed by atoms with Crippen LogP contribution in [0.1, 0.15) is 9.67 Å². The molecule has 0 saturated heterocycles. The molecule has 5 nitrogen and oxygen atoms in total. The summed E-state index contributed by atoms with van der Waals surface area (Å²) in [5.41, 5.74) is 7.81. The second-order valence-electron chi connectivity index (χ2n) is 3.51. The standard InChI is InChI=1S/C12H12N4OS/c1-2-5-15-12(17)11-9(13)10(16-18-11)8-3-6-14-7-4-8/h2-4,6-7H,1,5,13H2,(H,15,17). The SMILES string of the molecule is C=CCNC(=O)c1snc(-c2ccncc2)c1N. The molecule has 2 rings (SSSR count). The van der Waals surface area contributed by atoms with E-state index >= 15 is 0 Å². The summed E-state index contributed by atoms with van der Waals surface area (Å²) in [4.78, 5) is 16.1. The highest BCUT2D eigenvalue weighted by atomic mass is 32.1. The molecule has 3 N–H and O–H groups in total. The van der Waals surface area contributed by atoms with Gasteiger partial charge in [0.15, 0.2) is 0 Å². The first kappa shape index (κ1) is 12.3. The van der Waals surface area contributed by atoms with Crippen LogP contribution in [0.3, 0.4) is 0 Å². The Bertz CT molecular complexity index is 565. The predicted molar refractivity (Wildman–Crippen MR) is 72.3 cm³/mol. The number of carbonyl (C=O) groups excluding carboxylic acids is 1. The molecule has 2 aromatic heterocycles. The first-order valence-electron chi connectivity index (χ1n) is 5.28. The van der Waals surface area contributed by atoms with Gasteiger partial charge in [-0.25, -0.2) is 0 Å². The van der Waals surface area contributed by atoms with Gasteiger partial charge in [0, 0.05) is 24.5 Å². The number of nitrogen functional groups attached to an aromatic ring is 1. The zero-order valence-electron chi connectivity index (χ0n) is 9.59. The number of nitrogens with two attached hydrogens (primary N) is 1. The molecule has 0 spiro atoms. The lowest BCUT2D eigenvalue weighted by atomic mass is 10.1. The Labute approximate surface area is 109 Å². The average molecular weight is 260 g/mol. The monoisotopic (exact) mass is 260 g/mol. The van der Waals surface area contributed by atoms with E-state index in [1.807, 2.05) is 0 Å². The molecular formula is C12H12N4OS. The summed E-state index contributed by atoms with van der Waals surface area (Å²) in [7, 11) is 0. The number of pyridine rings is 1. The van der Waals surface area contributed by atoms with Gasteiger partial charge in [-0.3, -0.25) is 9.78 Å². The maximum atomic E-state index is 11.8. The second kappa shape index (κ2) is 5.42. The summed E-state index contributed by atoms with van der Waals surface area (Å²) in [6.07, 6.45) is 4.93. The highest BCUT2D eigenvalue weighted by molar-refractivity contribution is 7.09. The highest BCUT2D eigenvalue weighted by Crippen LogP contribution is 2.30. The molecule has 0 aliphatic carbocycles. The molecule has 0 radical (unpaired) electrons. The van der Waals surface area contributed by atoms with Gasteiger partial charge in [-0.2, -0.15) is 4.37 Å². The third-order valence-corrected chi connectivity index (χ3v) is 3.16. The Kier molecular flexibility index (Phi) is 3.69. The Hall–Kier alpha value is -2.21. The number of amides is 1. The van der Waals surface area contributed by atoms with Gasteiger partial charge in [0.05, 0.1) is 5.69 Å². The van der Waals surface area contributed by atoms with Gasteiger partial charge in [-0.1, -0.05) is 6.08 Å². The fourth-order valence-corrected chi connectivity index (χ4v) is 2.16. The molecule has 6 heteroatoms. The molecule has 0 unspecified atom stereocenters. The lowest BCUT2D eigenvalue weighted by Gasteiger charge is -2.01. The van der Waals surface area contributed by atoms with E-state index in [0.717, 1.165) is 17.1 Å². The summed E-state index contributed by atoms with van der Waals surface area (Å²) < 4.78 is 4.22. The maximum Gasteiger partial charge on any atom is 0.265 e. The maximum absolute atomic E-state index is 11.8. The fourth-order valence-electron chi connectivity index (χ4n) is 1.42. The minimum Gasteiger partial charge on any atom is -0.396 e. The summed E-state index contributed by atoms with van der Waals surface area (Å²) >= 11 is 1.09. The van der Waals surface area contributed by atoms with E-state index in [4.69, 9.17) is 5.73 Å². The van der Waals surface area contributed by atoms with Crippen molar-refractivity contribution in [3.05, 3.63) is 42.1 Å². The molecule has 0 saturated carbocycles. The molecular weight excluding hydrogens is 248 g/mol. The van der Waals surface area contributed by atoms with Gasteiger partial charge in [-0.05, 0) is 23.7 Å². The summed E-state index contributed by atoms with van der Waals surface area (Å²) in [6, 6.07) is 3.60. The minimum atomic E-state index is -0.231. The number of anilines is 1. The van der Waals surface area contributed by atoms with Crippen LogP contribution >= 0.6 is 11.5 Å². The third-order valence-electron chi connectivity index (χ3n) is 2.29. The van der Waals surface area contributed by atoms with Crippen LogP contribution in [0.15, 0.2) is 37.2 Å². The molecule has 2 heterocycles. The van der Waals surface area contributed by atoms with E-state index in [-0.39, 0.29) is 5.91 Å². The Morgan fingerprint density at radius 2 is 2.22 bits per heavy atom. The van der Waals surface area contributed by atoms with Crippen LogP contribution < -0.4 is 11.1 Å². The van der Waals surface area contributed by atoms with E-state index < -0.39 is 0 Å². The van der Waals surface area contributed by atoms with Crippen molar-refractivity contribution >= 4 is 23.1 Å². The Balaban J connectivity index is 2.29. The van der Waals surface area contributed by atoms with Crippen molar-refractivity contribution in [2.75, 3.05) is 12.3 Å². The van der Waals surface area contributed by atoms with Crippen molar-refractivity contribution in [3.8, 4) is 11.3 Å². The summed E-state index contributed by atoms with van der Waals surface area (Å²) in [5, 5.41) is 2.68. The Morgan fingerprint density at radius 1 is 1.50 bits per heavy atom. The number of nitrogens with zero attached hydrogens (tertiary/aromatic N) is 2. The van der Waals surface area contributed by atoms with Gasteiger partial charge >= 0.3 is 0 Å². The molecule has 0 fully saturated rings. The lowest BCUT2D eigenvalue weighted by Crippen LogP contribution is -2.23. The molecule has 0 aliphatic heterocycles. The number of carbonyl (C=O) groups is 1. The highest BCUT2D eigenvalue weighted by Gasteiger charge is 2.17. The fraction of sp³-hybridized carbons (Fsp3) is 0.0833. The zero-order valence-corrected chi connectivity index (χ0v) is 10.4. The van der Waals surface area contributed by atoms with Crippen LogP contribution in [-0.2, 0) is 0 Å². The van der Waals surface area contributed by atoms with Gasteiger partial charge in [0.1, 0.15) is 10.6 Å². The van der Waals surface area contributed by atoms with Crippen LogP contribution in [0.25, 0.3) is 11.3 Å². The molecule has 0 aliphatic rings. The van der Waals surface area contributed by atoms with E-state index in [2.05, 4.69) is 21.3 Å².